The quantitative estimate of drug-likeness (QED) is 0.744. The van der Waals surface area contributed by atoms with E-state index in [1.165, 1.54) is 11.1 Å². The lowest BCUT2D eigenvalue weighted by molar-refractivity contribution is 0.0946. The van der Waals surface area contributed by atoms with Gasteiger partial charge in [-0.3, -0.25) is 4.79 Å². The molecule has 1 aliphatic rings. The summed E-state index contributed by atoms with van der Waals surface area (Å²) in [5.41, 5.74) is 3.02. The minimum atomic E-state index is -0.242. The molecule has 1 heteroatoms. The molecule has 0 radical (unpaired) electrons. The van der Waals surface area contributed by atoms with Crippen LogP contribution in [0.25, 0.3) is 0 Å². The summed E-state index contributed by atoms with van der Waals surface area (Å²) in [7, 11) is 0. The minimum absolute atomic E-state index is 0.242. The van der Waals surface area contributed by atoms with Crippen LogP contribution in [0.15, 0.2) is 54.6 Å². The first-order chi connectivity index (χ1) is 9.26. The average molecular weight is 250 g/mol. The summed E-state index contributed by atoms with van der Waals surface area (Å²) in [6, 6.07) is 18.3. The van der Waals surface area contributed by atoms with Gasteiger partial charge in [-0.1, -0.05) is 55.5 Å². The van der Waals surface area contributed by atoms with Crippen molar-refractivity contribution in [1.29, 1.82) is 0 Å². The van der Waals surface area contributed by atoms with Crippen LogP contribution >= 0.6 is 0 Å². The number of carbonyl (C=O) groups is 1. The van der Waals surface area contributed by atoms with Crippen LogP contribution in [0.3, 0.4) is 0 Å². The van der Waals surface area contributed by atoms with Gasteiger partial charge in [-0.05, 0) is 36.5 Å². The maximum atomic E-state index is 12.8. The molecule has 3 rings (SSSR count). The van der Waals surface area contributed by atoms with Crippen LogP contribution < -0.4 is 0 Å². The lowest BCUT2D eigenvalue weighted by Crippen LogP contribution is -2.20. The summed E-state index contributed by atoms with van der Waals surface area (Å²) < 4.78 is 0. The molecule has 19 heavy (non-hydrogen) atoms. The van der Waals surface area contributed by atoms with Crippen LogP contribution in [0, 0.1) is 0 Å². The molecule has 0 heterocycles. The summed E-state index contributed by atoms with van der Waals surface area (Å²) in [5, 5.41) is 0. The summed E-state index contributed by atoms with van der Waals surface area (Å²) in [6.45, 7) is 2.12. The third-order valence-electron chi connectivity index (χ3n) is 4.11. The highest BCUT2D eigenvalue weighted by atomic mass is 16.1. The Kier molecular flexibility index (Phi) is 2.98. The summed E-state index contributed by atoms with van der Waals surface area (Å²) in [5.74, 6) is 0.286. The van der Waals surface area contributed by atoms with E-state index >= 15 is 0 Å². The van der Waals surface area contributed by atoms with Crippen LogP contribution in [-0.4, -0.2) is 5.78 Å². The minimum Gasteiger partial charge on any atom is -0.293 e. The van der Waals surface area contributed by atoms with Crippen LogP contribution in [-0.2, 0) is 11.8 Å². The molecule has 0 aliphatic heterocycles. The molecule has 0 atom stereocenters. The molecule has 0 N–H and O–H groups in total. The van der Waals surface area contributed by atoms with Gasteiger partial charge in [0.25, 0.3) is 0 Å². The number of ketones is 1. The van der Waals surface area contributed by atoms with Gasteiger partial charge in [-0.2, -0.15) is 0 Å². The van der Waals surface area contributed by atoms with Gasteiger partial charge in [0.2, 0.25) is 0 Å². The van der Waals surface area contributed by atoms with E-state index in [4.69, 9.17) is 0 Å². The largest absolute Gasteiger partial charge is 0.293 e. The SMILES string of the molecule is CCc1cccc(C(=O)C2(c3ccccc3)CC2)c1. The molecule has 0 amide bonds. The number of Topliss-reactive ketones (excluding diaryl/α,β-unsaturated/α-hetero) is 1. The topological polar surface area (TPSA) is 17.1 Å². The molecule has 96 valence electrons. The predicted octanol–water partition coefficient (Wildman–Crippen LogP) is 4.16. The van der Waals surface area contributed by atoms with Gasteiger partial charge in [0.15, 0.2) is 5.78 Å². The van der Waals surface area contributed by atoms with Gasteiger partial charge < -0.3 is 0 Å². The second-order valence-corrected chi connectivity index (χ2v) is 5.33. The third kappa shape index (κ3) is 2.10. The third-order valence-corrected chi connectivity index (χ3v) is 4.11. The molecule has 0 spiro atoms. The molecule has 2 aromatic carbocycles. The van der Waals surface area contributed by atoms with Gasteiger partial charge in [-0.25, -0.2) is 0 Å². The second-order valence-electron chi connectivity index (χ2n) is 5.33. The smallest absolute Gasteiger partial charge is 0.173 e. The highest BCUT2D eigenvalue weighted by Crippen LogP contribution is 2.50. The van der Waals surface area contributed by atoms with E-state index in [1.807, 2.05) is 36.4 Å². The summed E-state index contributed by atoms with van der Waals surface area (Å²) in [6.07, 6.45) is 2.93. The Balaban J connectivity index is 1.96. The monoisotopic (exact) mass is 250 g/mol. The molecule has 0 saturated heterocycles. The van der Waals surface area contributed by atoms with Crippen molar-refractivity contribution in [3.8, 4) is 0 Å². The first-order valence-corrected chi connectivity index (χ1v) is 6.95. The van der Waals surface area contributed by atoms with E-state index in [-0.39, 0.29) is 11.2 Å². The first kappa shape index (κ1) is 12.2. The molecule has 1 fully saturated rings. The number of benzene rings is 2. The van der Waals surface area contributed by atoms with E-state index in [9.17, 15) is 4.79 Å². The van der Waals surface area contributed by atoms with Gasteiger partial charge in [-0.15, -0.1) is 0 Å². The van der Waals surface area contributed by atoms with Crippen molar-refractivity contribution in [1.82, 2.24) is 0 Å². The molecule has 1 nitrogen and oxygen atoms in total. The Morgan fingerprint density at radius 2 is 1.79 bits per heavy atom. The molecule has 2 aromatic rings. The van der Waals surface area contributed by atoms with Crippen LogP contribution in [0.2, 0.25) is 0 Å². The Labute approximate surface area is 114 Å². The average Bonchev–Trinajstić information content (AvgIpc) is 3.29. The van der Waals surface area contributed by atoms with E-state index in [1.54, 1.807) is 0 Å². The fourth-order valence-corrected chi connectivity index (χ4v) is 2.74. The number of aryl methyl sites for hydroxylation is 1. The van der Waals surface area contributed by atoms with Crippen molar-refractivity contribution in [2.24, 2.45) is 0 Å². The van der Waals surface area contributed by atoms with Crippen LogP contribution in [0.5, 0.6) is 0 Å². The lowest BCUT2D eigenvalue weighted by Gasteiger charge is -2.15. The van der Waals surface area contributed by atoms with Crippen LogP contribution in [0.4, 0.5) is 0 Å². The fraction of sp³-hybridized carbons (Fsp3) is 0.278. The molecular formula is C18H18O. The number of hydrogen-bond donors (Lipinski definition) is 0. The maximum absolute atomic E-state index is 12.8. The molecule has 0 bridgehead atoms. The normalized spacial score (nSPS) is 16.1. The number of hydrogen-bond acceptors (Lipinski definition) is 1. The van der Waals surface area contributed by atoms with Crippen molar-refractivity contribution in [2.75, 3.05) is 0 Å². The molecule has 1 saturated carbocycles. The zero-order valence-corrected chi connectivity index (χ0v) is 11.2. The molecule has 0 unspecified atom stereocenters. The molecule has 0 aromatic heterocycles. The highest BCUT2D eigenvalue weighted by molar-refractivity contribution is 6.06. The Bertz CT molecular complexity index is 594. The molecule has 1 aliphatic carbocycles. The van der Waals surface area contributed by atoms with E-state index in [2.05, 4.69) is 25.1 Å². The van der Waals surface area contributed by atoms with Crippen molar-refractivity contribution >= 4 is 5.78 Å². The van der Waals surface area contributed by atoms with Crippen molar-refractivity contribution in [3.05, 3.63) is 71.3 Å². The fourth-order valence-electron chi connectivity index (χ4n) is 2.74. The Morgan fingerprint density at radius 1 is 1.05 bits per heavy atom. The zero-order valence-electron chi connectivity index (χ0n) is 11.2. The first-order valence-electron chi connectivity index (χ1n) is 6.95. The second kappa shape index (κ2) is 4.65. The standard InChI is InChI=1S/C18H18O/c1-2-14-7-6-8-15(13-14)17(19)18(11-12-18)16-9-4-3-5-10-16/h3-10,13H,2,11-12H2,1H3. The van der Waals surface area contributed by atoms with E-state index in [0.29, 0.717) is 0 Å². The van der Waals surface area contributed by atoms with E-state index in [0.717, 1.165) is 24.8 Å². The van der Waals surface area contributed by atoms with Gasteiger partial charge in [0, 0.05) is 5.56 Å². The summed E-state index contributed by atoms with van der Waals surface area (Å²) in [4.78, 5) is 12.8. The summed E-state index contributed by atoms with van der Waals surface area (Å²) >= 11 is 0. The maximum Gasteiger partial charge on any atom is 0.173 e. The van der Waals surface area contributed by atoms with Crippen molar-refractivity contribution in [3.63, 3.8) is 0 Å². The number of rotatable bonds is 4. The van der Waals surface area contributed by atoms with E-state index < -0.39 is 0 Å². The Hall–Kier alpha value is -1.89. The lowest BCUT2D eigenvalue weighted by atomic mass is 9.87. The van der Waals surface area contributed by atoms with Crippen molar-refractivity contribution < 1.29 is 4.79 Å². The highest BCUT2D eigenvalue weighted by Gasteiger charge is 2.50. The zero-order chi connectivity index (χ0) is 13.3. The van der Waals surface area contributed by atoms with Crippen LogP contribution in [0.1, 0.15) is 41.3 Å². The van der Waals surface area contributed by atoms with Crippen molar-refractivity contribution in [2.45, 2.75) is 31.6 Å². The van der Waals surface area contributed by atoms with Gasteiger partial charge >= 0.3 is 0 Å². The van der Waals surface area contributed by atoms with Gasteiger partial charge in [0.05, 0.1) is 5.41 Å². The predicted molar refractivity (Wildman–Crippen MR) is 77.5 cm³/mol. The number of carbonyl (C=O) groups excluding carboxylic acids is 1. The Morgan fingerprint density at radius 3 is 2.42 bits per heavy atom. The van der Waals surface area contributed by atoms with Gasteiger partial charge in [0.1, 0.15) is 0 Å². The molecular weight excluding hydrogens is 232 g/mol.